The second-order valence-corrected chi connectivity index (χ2v) is 4.74. The van der Waals surface area contributed by atoms with Gasteiger partial charge in [0.2, 0.25) is 0 Å². The van der Waals surface area contributed by atoms with E-state index in [-0.39, 0.29) is 0 Å². The van der Waals surface area contributed by atoms with Crippen LogP contribution in [0.4, 0.5) is 0 Å². The van der Waals surface area contributed by atoms with Gasteiger partial charge in [0, 0.05) is 12.6 Å². The smallest absolute Gasteiger partial charge is 0.119 e. The Bertz CT molecular complexity index is 346. The standard InChI is InChI=1S/C15H23NO2/c1-3-16(13-5-6-13)11-4-12-18-15-9-7-14(17-2)8-10-15/h7-10,13H,3-6,11-12H2,1-2H3. The summed E-state index contributed by atoms with van der Waals surface area (Å²) >= 11 is 0. The predicted octanol–water partition coefficient (Wildman–Crippen LogP) is 2.95. The fourth-order valence-corrected chi connectivity index (χ4v) is 2.17. The molecule has 1 saturated carbocycles. The molecule has 0 heterocycles. The fourth-order valence-electron chi connectivity index (χ4n) is 2.17. The van der Waals surface area contributed by atoms with Crippen molar-refractivity contribution in [3.05, 3.63) is 24.3 Å². The van der Waals surface area contributed by atoms with Gasteiger partial charge in [0.15, 0.2) is 0 Å². The molecule has 0 spiro atoms. The van der Waals surface area contributed by atoms with Crippen molar-refractivity contribution in [1.29, 1.82) is 0 Å². The number of hydrogen-bond acceptors (Lipinski definition) is 3. The van der Waals surface area contributed by atoms with Gasteiger partial charge < -0.3 is 14.4 Å². The maximum absolute atomic E-state index is 5.72. The Hall–Kier alpha value is -1.22. The highest BCUT2D eigenvalue weighted by Gasteiger charge is 2.26. The van der Waals surface area contributed by atoms with E-state index in [1.165, 1.54) is 12.8 Å². The molecule has 0 saturated heterocycles. The Morgan fingerprint density at radius 3 is 2.39 bits per heavy atom. The second kappa shape index (κ2) is 6.64. The number of methoxy groups -OCH3 is 1. The van der Waals surface area contributed by atoms with Gasteiger partial charge in [-0.1, -0.05) is 6.92 Å². The van der Waals surface area contributed by atoms with Crippen LogP contribution in [0.2, 0.25) is 0 Å². The molecule has 3 nitrogen and oxygen atoms in total. The van der Waals surface area contributed by atoms with Crippen LogP contribution in [-0.4, -0.2) is 37.7 Å². The largest absolute Gasteiger partial charge is 0.497 e. The van der Waals surface area contributed by atoms with E-state index in [2.05, 4.69) is 11.8 Å². The molecule has 0 amide bonds. The van der Waals surface area contributed by atoms with Crippen LogP contribution in [0.25, 0.3) is 0 Å². The zero-order valence-electron chi connectivity index (χ0n) is 11.4. The number of benzene rings is 1. The lowest BCUT2D eigenvalue weighted by atomic mass is 10.3. The minimum absolute atomic E-state index is 0.787. The van der Waals surface area contributed by atoms with Crippen LogP contribution in [0.15, 0.2) is 24.3 Å². The zero-order chi connectivity index (χ0) is 12.8. The number of hydrogen-bond donors (Lipinski definition) is 0. The van der Waals surface area contributed by atoms with Gasteiger partial charge in [-0.05, 0) is 50.1 Å². The molecule has 1 aliphatic rings. The van der Waals surface area contributed by atoms with Gasteiger partial charge in [-0.15, -0.1) is 0 Å². The van der Waals surface area contributed by atoms with E-state index in [9.17, 15) is 0 Å². The third-order valence-corrected chi connectivity index (χ3v) is 3.39. The number of nitrogens with zero attached hydrogens (tertiary/aromatic N) is 1. The van der Waals surface area contributed by atoms with Crippen molar-refractivity contribution >= 4 is 0 Å². The normalized spacial score (nSPS) is 14.8. The molecule has 0 bridgehead atoms. The lowest BCUT2D eigenvalue weighted by molar-refractivity contribution is 0.235. The third kappa shape index (κ3) is 3.91. The maximum Gasteiger partial charge on any atom is 0.119 e. The van der Waals surface area contributed by atoms with Gasteiger partial charge in [-0.25, -0.2) is 0 Å². The molecule has 2 rings (SSSR count). The van der Waals surface area contributed by atoms with Gasteiger partial charge in [-0.2, -0.15) is 0 Å². The second-order valence-electron chi connectivity index (χ2n) is 4.74. The quantitative estimate of drug-likeness (QED) is 0.661. The first kappa shape index (κ1) is 13.2. The van der Waals surface area contributed by atoms with Crippen molar-refractivity contribution in [3.63, 3.8) is 0 Å². The van der Waals surface area contributed by atoms with Gasteiger partial charge in [0.25, 0.3) is 0 Å². The summed E-state index contributed by atoms with van der Waals surface area (Å²) in [7, 11) is 1.67. The van der Waals surface area contributed by atoms with Crippen LogP contribution in [0, 0.1) is 0 Å². The minimum Gasteiger partial charge on any atom is -0.497 e. The van der Waals surface area contributed by atoms with Crippen LogP contribution in [0.3, 0.4) is 0 Å². The molecule has 1 aromatic rings. The Balaban J connectivity index is 1.64. The van der Waals surface area contributed by atoms with E-state index in [1.807, 2.05) is 24.3 Å². The van der Waals surface area contributed by atoms with E-state index in [1.54, 1.807) is 7.11 Å². The first-order valence-corrected chi connectivity index (χ1v) is 6.84. The molecule has 0 atom stereocenters. The maximum atomic E-state index is 5.72. The number of rotatable bonds is 8. The highest BCUT2D eigenvalue weighted by molar-refractivity contribution is 5.31. The highest BCUT2D eigenvalue weighted by Crippen LogP contribution is 2.26. The van der Waals surface area contributed by atoms with E-state index in [0.717, 1.165) is 43.7 Å². The first-order valence-electron chi connectivity index (χ1n) is 6.84. The molecule has 0 aromatic heterocycles. The molecule has 0 radical (unpaired) electrons. The van der Waals surface area contributed by atoms with E-state index in [4.69, 9.17) is 9.47 Å². The van der Waals surface area contributed by atoms with Crippen molar-refractivity contribution in [2.24, 2.45) is 0 Å². The molecule has 1 fully saturated rings. The van der Waals surface area contributed by atoms with Gasteiger partial charge in [-0.3, -0.25) is 0 Å². The molecule has 0 unspecified atom stereocenters. The SMILES string of the molecule is CCN(CCCOc1ccc(OC)cc1)C1CC1. The van der Waals surface area contributed by atoms with Crippen LogP contribution < -0.4 is 9.47 Å². The molecule has 1 aliphatic carbocycles. The molecule has 100 valence electrons. The summed E-state index contributed by atoms with van der Waals surface area (Å²) in [5.74, 6) is 1.79. The van der Waals surface area contributed by atoms with Gasteiger partial charge in [0.1, 0.15) is 11.5 Å². The van der Waals surface area contributed by atoms with Crippen LogP contribution >= 0.6 is 0 Å². The Morgan fingerprint density at radius 2 is 1.83 bits per heavy atom. The van der Waals surface area contributed by atoms with Crippen molar-refractivity contribution in [1.82, 2.24) is 4.90 Å². The average molecular weight is 249 g/mol. The summed E-state index contributed by atoms with van der Waals surface area (Å²) < 4.78 is 10.8. The summed E-state index contributed by atoms with van der Waals surface area (Å²) in [5, 5.41) is 0. The van der Waals surface area contributed by atoms with E-state index in [0.29, 0.717) is 0 Å². The van der Waals surface area contributed by atoms with Crippen molar-refractivity contribution < 1.29 is 9.47 Å². The summed E-state index contributed by atoms with van der Waals surface area (Å²) in [6.07, 6.45) is 3.86. The monoisotopic (exact) mass is 249 g/mol. The van der Waals surface area contributed by atoms with E-state index >= 15 is 0 Å². The van der Waals surface area contributed by atoms with Crippen molar-refractivity contribution in [2.75, 3.05) is 26.8 Å². The number of ether oxygens (including phenoxy) is 2. The Labute approximate surface area is 110 Å². The lowest BCUT2D eigenvalue weighted by Gasteiger charge is -2.19. The molecule has 18 heavy (non-hydrogen) atoms. The Morgan fingerprint density at radius 1 is 1.17 bits per heavy atom. The fraction of sp³-hybridized carbons (Fsp3) is 0.600. The minimum atomic E-state index is 0.787. The molecule has 1 aromatic carbocycles. The van der Waals surface area contributed by atoms with E-state index < -0.39 is 0 Å². The molecular weight excluding hydrogens is 226 g/mol. The molecular formula is C15H23NO2. The third-order valence-electron chi connectivity index (χ3n) is 3.39. The Kier molecular flexibility index (Phi) is 4.88. The zero-order valence-corrected chi connectivity index (χ0v) is 11.4. The van der Waals surface area contributed by atoms with Crippen LogP contribution in [0.1, 0.15) is 26.2 Å². The van der Waals surface area contributed by atoms with Gasteiger partial charge in [0.05, 0.1) is 13.7 Å². The molecule has 0 aliphatic heterocycles. The van der Waals surface area contributed by atoms with Crippen LogP contribution in [0.5, 0.6) is 11.5 Å². The summed E-state index contributed by atoms with van der Waals surface area (Å²) in [4.78, 5) is 2.55. The topological polar surface area (TPSA) is 21.7 Å². The summed E-state index contributed by atoms with van der Waals surface area (Å²) in [6, 6.07) is 8.63. The summed E-state index contributed by atoms with van der Waals surface area (Å²) in [5.41, 5.74) is 0. The lowest BCUT2D eigenvalue weighted by Crippen LogP contribution is -2.27. The average Bonchev–Trinajstić information content (AvgIpc) is 3.24. The molecule has 0 N–H and O–H groups in total. The first-order chi connectivity index (χ1) is 8.83. The van der Waals surface area contributed by atoms with Crippen LogP contribution in [-0.2, 0) is 0 Å². The van der Waals surface area contributed by atoms with Gasteiger partial charge >= 0.3 is 0 Å². The predicted molar refractivity (Wildman–Crippen MR) is 73.4 cm³/mol. The van der Waals surface area contributed by atoms with Crippen molar-refractivity contribution in [3.8, 4) is 11.5 Å². The molecule has 3 heteroatoms. The highest BCUT2D eigenvalue weighted by atomic mass is 16.5. The summed E-state index contributed by atoms with van der Waals surface area (Å²) in [6.45, 7) is 5.34. The van der Waals surface area contributed by atoms with Crippen molar-refractivity contribution in [2.45, 2.75) is 32.2 Å².